The SMILES string of the molecule is CCN(CC)C([S-])=NN=C(C(=NN=C([S-])N(CC)CC)c1ccc(NC(C)=O)cc1)c1ccccc1.[Cu+2]. The van der Waals surface area contributed by atoms with Gasteiger partial charge in [0.1, 0.15) is 11.4 Å². The summed E-state index contributed by atoms with van der Waals surface area (Å²) in [5.41, 5.74) is 3.20. The maximum absolute atomic E-state index is 11.5. The van der Waals surface area contributed by atoms with E-state index in [0.717, 1.165) is 37.3 Å². The molecule has 0 heterocycles. The van der Waals surface area contributed by atoms with E-state index in [1.165, 1.54) is 6.92 Å². The van der Waals surface area contributed by atoms with E-state index in [2.05, 4.69) is 25.7 Å². The van der Waals surface area contributed by atoms with Crippen LogP contribution < -0.4 is 5.32 Å². The van der Waals surface area contributed by atoms with Crippen molar-refractivity contribution < 1.29 is 21.9 Å². The minimum Gasteiger partial charge on any atom is -0.741 e. The van der Waals surface area contributed by atoms with Gasteiger partial charge < -0.3 is 40.4 Å². The third-order valence-corrected chi connectivity index (χ3v) is 5.97. The summed E-state index contributed by atoms with van der Waals surface area (Å²) in [6.07, 6.45) is 0. The van der Waals surface area contributed by atoms with Gasteiger partial charge in [-0.1, -0.05) is 42.5 Å². The number of carbonyl (C=O) groups is 1. The Labute approximate surface area is 241 Å². The number of hydrogen-bond acceptors (Lipinski definition) is 7. The normalized spacial score (nSPS) is 12.6. The summed E-state index contributed by atoms with van der Waals surface area (Å²) in [6, 6.07) is 16.9. The fraction of sp³-hybridized carbons (Fsp3) is 0.346. The molecule has 0 unspecified atom stereocenters. The average molecular weight is 587 g/mol. The molecule has 1 amide bonds. The molecule has 201 valence electrons. The molecule has 0 aliphatic heterocycles. The maximum atomic E-state index is 11.5. The molecular weight excluding hydrogens is 554 g/mol. The van der Waals surface area contributed by atoms with E-state index < -0.39 is 0 Å². The Kier molecular flexibility index (Phi) is 14.6. The molecule has 0 atom stereocenters. The monoisotopic (exact) mass is 586 g/mol. The second kappa shape index (κ2) is 16.8. The van der Waals surface area contributed by atoms with Crippen molar-refractivity contribution in [2.24, 2.45) is 20.4 Å². The molecule has 0 aliphatic rings. The minimum absolute atomic E-state index is 0. The van der Waals surface area contributed by atoms with Gasteiger partial charge in [0.25, 0.3) is 0 Å². The van der Waals surface area contributed by atoms with Crippen molar-refractivity contribution in [1.82, 2.24) is 9.80 Å². The first-order valence-corrected chi connectivity index (χ1v) is 12.7. The van der Waals surface area contributed by atoms with Crippen LogP contribution in [0.25, 0.3) is 0 Å². The van der Waals surface area contributed by atoms with E-state index in [1.807, 2.05) is 80.0 Å². The van der Waals surface area contributed by atoms with Crippen molar-refractivity contribution in [3.8, 4) is 0 Å². The number of nitrogens with one attached hydrogen (secondary N) is 1. The molecule has 37 heavy (non-hydrogen) atoms. The second-order valence-corrected chi connectivity index (χ2v) is 8.36. The van der Waals surface area contributed by atoms with Crippen LogP contribution in [-0.4, -0.2) is 63.6 Å². The van der Waals surface area contributed by atoms with E-state index in [4.69, 9.17) is 25.3 Å². The quantitative estimate of drug-likeness (QED) is 0.148. The average Bonchev–Trinajstić information content (AvgIpc) is 2.88. The summed E-state index contributed by atoms with van der Waals surface area (Å²) in [5.74, 6) is -0.147. The van der Waals surface area contributed by atoms with E-state index in [9.17, 15) is 4.79 Å². The molecule has 2 aromatic carbocycles. The molecule has 0 bridgehead atoms. The molecule has 1 radical (unpaired) electrons. The Morgan fingerprint density at radius 2 is 1.11 bits per heavy atom. The number of rotatable bonds is 10. The minimum atomic E-state index is -0.147. The van der Waals surface area contributed by atoms with Gasteiger partial charge in [-0.05, 0) is 39.8 Å². The van der Waals surface area contributed by atoms with Crippen LogP contribution in [0.2, 0.25) is 0 Å². The molecule has 8 nitrogen and oxygen atoms in total. The van der Waals surface area contributed by atoms with Crippen LogP contribution >= 0.6 is 0 Å². The summed E-state index contributed by atoms with van der Waals surface area (Å²) in [5, 5.41) is 21.4. The number of anilines is 1. The van der Waals surface area contributed by atoms with Crippen molar-refractivity contribution in [2.45, 2.75) is 34.6 Å². The largest absolute Gasteiger partial charge is 2.00 e. The van der Waals surface area contributed by atoms with Gasteiger partial charge in [0.2, 0.25) is 5.91 Å². The van der Waals surface area contributed by atoms with Crippen molar-refractivity contribution >= 4 is 58.6 Å². The van der Waals surface area contributed by atoms with Gasteiger partial charge in [0.05, 0.1) is 0 Å². The van der Waals surface area contributed by atoms with E-state index in [-0.39, 0.29) is 23.0 Å². The summed E-state index contributed by atoms with van der Waals surface area (Å²) >= 11 is 11.0. The summed E-state index contributed by atoms with van der Waals surface area (Å²) in [6.45, 7) is 12.4. The molecular formula is C26H33CuN7OS2. The van der Waals surface area contributed by atoms with Crippen LogP contribution in [0.4, 0.5) is 5.69 Å². The molecule has 0 spiro atoms. The van der Waals surface area contributed by atoms with E-state index in [1.54, 1.807) is 12.1 Å². The van der Waals surface area contributed by atoms with Gasteiger partial charge in [-0.15, -0.1) is 10.2 Å². The fourth-order valence-electron chi connectivity index (χ4n) is 3.29. The Balaban J connectivity index is 0.00000684. The molecule has 2 aromatic rings. The summed E-state index contributed by atoms with van der Waals surface area (Å²) < 4.78 is 0. The first kappa shape index (κ1) is 32.2. The third-order valence-electron chi connectivity index (χ3n) is 5.29. The van der Waals surface area contributed by atoms with Crippen LogP contribution in [0.5, 0.6) is 0 Å². The number of benzene rings is 2. The third kappa shape index (κ3) is 9.85. The van der Waals surface area contributed by atoms with Crippen LogP contribution in [0.15, 0.2) is 75.0 Å². The number of amidine groups is 2. The van der Waals surface area contributed by atoms with Crippen LogP contribution in [-0.2, 0) is 47.1 Å². The van der Waals surface area contributed by atoms with Crippen LogP contribution in [0, 0.1) is 0 Å². The molecule has 11 heteroatoms. The summed E-state index contributed by atoms with van der Waals surface area (Å²) in [4.78, 5) is 15.3. The van der Waals surface area contributed by atoms with Crippen molar-refractivity contribution in [3.63, 3.8) is 0 Å². The second-order valence-electron chi connectivity index (χ2n) is 7.63. The molecule has 0 aromatic heterocycles. The zero-order valence-electron chi connectivity index (χ0n) is 21.7. The Morgan fingerprint density at radius 1 is 0.703 bits per heavy atom. The smallest absolute Gasteiger partial charge is 0.741 e. The standard InChI is InChI=1S/C26H35N7OS2.Cu/c1-6-32(7-2)25(35)30-28-23(20-13-11-10-12-14-20)24(29-31-26(36)33(8-3)9-4)21-15-17-22(18-16-21)27-19(5)34;/h10-18H,6-9H2,1-5H3,(H,27,34)(H,30,35)(H,31,36);/q;+2/p-2. The van der Waals surface area contributed by atoms with Crippen molar-refractivity contribution in [1.29, 1.82) is 0 Å². The molecule has 0 fully saturated rings. The fourth-order valence-corrected chi connectivity index (χ4v) is 3.89. The van der Waals surface area contributed by atoms with Gasteiger partial charge >= 0.3 is 17.1 Å². The van der Waals surface area contributed by atoms with Gasteiger partial charge in [-0.3, -0.25) is 4.79 Å². The first-order valence-electron chi connectivity index (χ1n) is 11.9. The molecule has 2 rings (SSSR count). The van der Waals surface area contributed by atoms with Gasteiger partial charge in [-0.2, -0.15) is 10.2 Å². The van der Waals surface area contributed by atoms with Gasteiger partial charge in [0, 0.05) is 60.3 Å². The zero-order valence-corrected chi connectivity index (χ0v) is 24.3. The number of carbonyl (C=O) groups excluding carboxylic acids is 1. The first-order chi connectivity index (χ1) is 17.3. The maximum Gasteiger partial charge on any atom is 2.00 e. The Morgan fingerprint density at radius 3 is 1.49 bits per heavy atom. The molecule has 0 saturated heterocycles. The molecule has 1 N–H and O–H groups in total. The van der Waals surface area contributed by atoms with Gasteiger partial charge in [-0.25, -0.2) is 0 Å². The number of hydrogen-bond donors (Lipinski definition) is 1. The Hall–Kier alpha value is -2.85. The summed E-state index contributed by atoms with van der Waals surface area (Å²) in [7, 11) is 0. The van der Waals surface area contributed by atoms with Crippen molar-refractivity contribution in [3.05, 3.63) is 65.7 Å². The Bertz CT molecular complexity index is 1110. The van der Waals surface area contributed by atoms with E-state index in [0.29, 0.717) is 27.4 Å². The van der Waals surface area contributed by atoms with Gasteiger partial charge in [0.15, 0.2) is 0 Å². The molecule has 0 saturated carbocycles. The number of nitrogens with zero attached hydrogens (tertiary/aromatic N) is 6. The zero-order chi connectivity index (χ0) is 26.5. The van der Waals surface area contributed by atoms with Crippen LogP contribution in [0.1, 0.15) is 45.7 Å². The van der Waals surface area contributed by atoms with Crippen molar-refractivity contribution in [2.75, 3.05) is 31.5 Å². The predicted molar refractivity (Wildman–Crippen MR) is 156 cm³/mol. The topological polar surface area (TPSA) is 85.0 Å². The molecule has 0 aliphatic carbocycles. The predicted octanol–water partition coefficient (Wildman–Crippen LogP) is 4.24. The number of amides is 1. The van der Waals surface area contributed by atoms with Crippen LogP contribution in [0.3, 0.4) is 0 Å². The van der Waals surface area contributed by atoms with E-state index >= 15 is 0 Å².